The van der Waals surface area contributed by atoms with Gasteiger partial charge in [0, 0.05) is 6.42 Å². The number of hydrogen-bond donors (Lipinski definition) is 4. The molecule has 82 valence electrons. The summed E-state index contributed by atoms with van der Waals surface area (Å²) in [6.07, 6.45) is -0.223. The number of amides is 2. The maximum Gasteiger partial charge on any atom is 0.242 e. The molecule has 0 aliphatic heterocycles. The molecule has 0 aromatic carbocycles. The van der Waals surface area contributed by atoms with Crippen molar-refractivity contribution in [1.29, 1.82) is 0 Å². The first-order valence-corrected chi connectivity index (χ1v) is 4.45. The number of nitrogens with two attached hydrogens (primary N) is 2. The lowest BCUT2D eigenvalue weighted by Gasteiger charge is -2.17. The average molecular weight is 203 g/mol. The number of carbonyl (C=O) groups is 2. The fraction of sp³-hybridized carbons (Fsp3) is 0.750. The molecule has 0 aliphatic carbocycles. The topological polar surface area (TPSA) is 118 Å². The first kappa shape index (κ1) is 12.9. The highest BCUT2D eigenvalue weighted by atomic mass is 16.3. The second-order valence-electron chi connectivity index (χ2n) is 3.08. The maximum absolute atomic E-state index is 11.1. The molecule has 0 saturated heterocycles. The van der Waals surface area contributed by atoms with E-state index >= 15 is 0 Å². The summed E-state index contributed by atoms with van der Waals surface area (Å²) in [4.78, 5) is 21.9. The van der Waals surface area contributed by atoms with Gasteiger partial charge in [-0.25, -0.2) is 0 Å². The van der Waals surface area contributed by atoms with E-state index < -0.39 is 18.1 Å². The fourth-order valence-electron chi connectivity index (χ4n) is 0.938. The van der Waals surface area contributed by atoms with Gasteiger partial charge in [0.25, 0.3) is 0 Å². The summed E-state index contributed by atoms with van der Waals surface area (Å²) >= 11 is 0. The molecule has 0 saturated carbocycles. The highest BCUT2D eigenvalue weighted by Crippen LogP contribution is 1.94. The lowest BCUT2D eigenvalue weighted by molar-refractivity contribution is -0.129. The van der Waals surface area contributed by atoms with Gasteiger partial charge < -0.3 is 21.9 Å². The Morgan fingerprint density at radius 3 is 2.43 bits per heavy atom. The fourth-order valence-corrected chi connectivity index (χ4v) is 0.938. The zero-order chi connectivity index (χ0) is 11.1. The van der Waals surface area contributed by atoms with Gasteiger partial charge in [-0.3, -0.25) is 9.59 Å². The van der Waals surface area contributed by atoms with Crippen molar-refractivity contribution >= 4 is 11.8 Å². The predicted octanol–water partition coefficient (Wildman–Crippen LogP) is -1.92. The quantitative estimate of drug-likeness (QED) is 0.402. The largest absolute Gasteiger partial charge is 0.391 e. The second-order valence-corrected chi connectivity index (χ2v) is 3.08. The van der Waals surface area contributed by atoms with Crippen LogP contribution in [0, 0.1) is 0 Å². The van der Waals surface area contributed by atoms with Crippen molar-refractivity contribution in [3.63, 3.8) is 0 Å². The van der Waals surface area contributed by atoms with Crippen LogP contribution >= 0.6 is 0 Å². The van der Waals surface area contributed by atoms with Gasteiger partial charge in [0.1, 0.15) is 6.04 Å². The summed E-state index contributed by atoms with van der Waals surface area (Å²) in [6.45, 7) is 1.79. The molecule has 2 atom stereocenters. The molecule has 6 heteroatoms. The normalized spacial score (nSPS) is 14.5. The highest BCUT2D eigenvalue weighted by Gasteiger charge is 2.22. The molecule has 14 heavy (non-hydrogen) atoms. The SMILES string of the molecule is CC(O)C(NC(=O)CCCN)C(N)=O. The lowest BCUT2D eigenvalue weighted by Crippen LogP contribution is -2.50. The molecule has 0 aromatic rings. The molecule has 0 radical (unpaired) electrons. The first-order chi connectivity index (χ1) is 6.49. The molecule has 2 unspecified atom stereocenters. The smallest absolute Gasteiger partial charge is 0.242 e. The summed E-state index contributed by atoms with van der Waals surface area (Å²) in [5.41, 5.74) is 10.2. The third-order valence-electron chi connectivity index (χ3n) is 1.71. The van der Waals surface area contributed by atoms with Gasteiger partial charge in [0.15, 0.2) is 0 Å². The number of nitrogens with one attached hydrogen (secondary N) is 1. The molecule has 0 aliphatic rings. The van der Waals surface area contributed by atoms with E-state index in [0.29, 0.717) is 13.0 Å². The lowest BCUT2D eigenvalue weighted by atomic mass is 10.1. The summed E-state index contributed by atoms with van der Waals surface area (Å²) in [7, 11) is 0. The molecule has 0 heterocycles. The van der Waals surface area contributed by atoms with E-state index in [1.165, 1.54) is 6.92 Å². The van der Waals surface area contributed by atoms with E-state index in [9.17, 15) is 9.59 Å². The summed E-state index contributed by atoms with van der Waals surface area (Å²) in [5, 5.41) is 11.4. The third kappa shape index (κ3) is 4.78. The average Bonchev–Trinajstić information content (AvgIpc) is 2.09. The van der Waals surface area contributed by atoms with Crippen LogP contribution in [0.4, 0.5) is 0 Å². The summed E-state index contributed by atoms with van der Waals surface area (Å²) in [5.74, 6) is -1.08. The van der Waals surface area contributed by atoms with E-state index in [0.717, 1.165) is 0 Å². The molecule has 2 amide bonds. The Bertz CT molecular complexity index is 206. The van der Waals surface area contributed by atoms with E-state index in [1.807, 2.05) is 0 Å². The van der Waals surface area contributed by atoms with Gasteiger partial charge in [-0.1, -0.05) is 0 Å². The highest BCUT2D eigenvalue weighted by molar-refractivity contribution is 5.86. The van der Waals surface area contributed by atoms with Crippen LogP contribution in [0.25, 0.3) is 0 Å². The van der Waals surface area contributed by atoms with Crippen LogP contribution in [-0.4, -0.2) is 35.6 Å². The van der Waals surface area contributed by atoms with Crippen molar-refractivity contribution in [3.05, 3.63) is 0 Å². The Kier molecular flexibility index (Phi) is 5.82. The van der Waals surface area contributed by atoms with Crippen LogP contribution in [0.3, 0.4) is 0 Å². The third-order valence-corrected chi connectivity index (χ3v) is 1.71. The Morgan fingerprint density at radius 1 is 1.50 bits per heavy atom. The second kappa shape index (κ2) is 6.33. The van der Waals surface area contributed by atoms with Gasteiger partial charge in [0.05, 0.1) is 6.10 Å². The minimum atomic E-state index is -1.03. The van der Waals surface area contributed by atoms with E-state index in [2.05, 4.69) is 5.32 Å². The molecule has 0 rings (SSSR count). The van der Waals surface area contributed by atoms with Crippen LogP contribution in [-0.2, 0) is 9.59 Å². The molecular weight excluding hydrogens is 186 g/mol. The molecule has 6 nitrogen and oxygen atoms in total. The Labute approximate surface area is 82.6 Å². The van der Waals surface area contributed by atoms with Gasteiger partial charge in [0.2, 0.25) is 11.8 Å². The Balaban J connectivity index is 4.04. The first-order valence-electron chi connectivity index (χ1n) is 4.45. The van der Waals surface area contributed by atoms with Gasteiger partial charge in [-0.15, -0.1) is 0 Å². The number of rotatable bonds is 6. The van der Waals surface area contributed by atoms with Crippen LogP contribution in [0.5, 0.6) is 0 Å². The Hall–Kier alpha value is -1.14. The minimum absolute atomic E-state index is 0.229. The summed E-state index contributed by atoms with van der Waals surface area (Å²) in [6, 6.07) is -1.03. The predicted molar refractivity (Wildman–Crippen MR) is 51.1 cm³/mol. The van der Waals surface area contributed by atoms with Crippen molar-refractivity contribution in [2.45, 2.75) is 31.9 Å². The molecule has 0 spiro atoms. The standard InChI is InChI=1S/C8H17N3O3/c1-5(12)7(8(10)14)11-6(13)3-2-4-9/h5,7,12H,2-4,9H2,1H3,(H2,10,14)(H,11,13). The van der Waals surface area contributed by atoms with Gasteiger partial charge in [-0.2, -0.15) is 0 Å². The number of carbonyl (C=O) groups excluding carboxylic acids is 2. The van der Waals surface area contributed by atoms with Crippen LogP contribution in [0.1, 0.15) is 19.8 Å². The van der Waals surface area contributed by atoms with E-state index in [1.54, 1.807) is 0 Å². The van der Waals surface area contributed by atoms with Crippen molar-refractivity contribution in [1.82, 2.24) is 5.32 Å². The van der Waals surface area contributed by atoms with Crippen molar-refractivity contribution in [3.8, 4) is 0 Å². The zero-order valence-corrected chi connectivity index (χ0v) is 8.19. The van der Waals surface area contributed by atoms with E-state index in [-0.39, 0.29) is 12.3 Å². The number of aliphatic hydroxyl groups excluding tert-OH is 1. The monoisotopic (exact) mass is 203 g/mol. The molecule has 0 aromatic heterocycles. The van der Waals surface area contributed by atoms with Crippen LogP contribution in [0.15, 0.2) is 0 Å². The molecule has 6 N–H and O–H groups in total. The van der Waals surface area contributed by atoms with Crippen LogP contribution < -0.4 is 16.8 Å². The summed E-state index contributed by atoms with van der Waals surface area (Å²) < 4.78 is 0. The van der Waals surface area contributed by atoms with Gasteiger partial charge in [-0.05, 0) is 19.9 Å². The molecule has 0 bridgehead atoms. The number of primary amides is 1. The maximum atomic E-state index is 11.1. The van der Waals surface area contributed by atoms with Gasteiger partial charge >= 0.3 is 0 Å². The van der Waals surface area contributed by atoms with Crippen molar-refractivity contribution < 1.29 is 14.7 Å². The van der Waals surface area contributed by atoms with E-state index in [4.69, 9.17) is 16.6 Å². The Morgan fingerprint density at radius 2 is 2.07 bits per heavy atom. The van der Waals surface area contributed by atoms with Crippen molar-refractivity contribution in [2.24, 2.45) is 11.5 Å². The zero-order valence-electron chi connectivity index (χ0n) is 8.19. The van der Waals surface area contributed by atoms with Crippen LogP contribution in [0.2, 0.25) is 0 Å². The number of aliphatic hydroxyl groups is 1. The number of hydrogen-bond acceptors (Lipinski definition) is 4. The molecular formula is C8H17N3O3. The molecule has 0 fully saturated rings. The van der Waals surface area contributed by atoms with Crippen molar-refractivity contribution in [2.75, 3.05) is 6.54 Å². The minimum Gasteiger partial charge on any atom is -0.391 e.